The molecule has 0 radical (unpaired) electrons. The van der Waals surface area contributed by atoms with Crippen molar-refractivity contribution in [3.63, 3.8) is 0 Å². The van der Waals surface area contributed by atoms with Crippen LogP contribution in [0, 0.1) is 10.3 Å². The molecule has 0 amide bonds. The summed E-state index contributed by atoms with van der Waals surface area (Å²) in [6.45, 7) is 6.38. The van der Waals surface area contributed by atoms with Gasteiger partial charge >= 0.3 is 0 Å². The molecule has 0 spiro atoms. The van der Waals surface area contributed by atoms with E-state index in [1.54, 1.807) is 7.05 Å². The summed E-state index contributed by atoms with van der Waals surface area (Å²) in [7, 11) is 1.60. The Morgan fingerprint density at radius 3 is 2.50 bits per heavy atom. The van der Waals surface area contributed by atoms with Gasteiger partial charge in [-0.15, -0.1) is 4.91 Å². The zero-order valence-corrected chi connectivity index (χ0v) is 10.1. The van der Waals surface area contributed by atoms with Crippen molar-refractivity contribution in [3.8, 4) is 0 Å². The number of nitrogens with zero attached hydrogens (tertiary/aromatic N) is 2. The van der Waals surface area contributed by atoms with E-state index in [-0.39, 0.29) is 10.5 Å². The Bertz CT molecular complexity index is 207. The van der Waals surface area contributed by atoms with Crippen molar-refractivity contribution in [2.45, 2.75) is 27.2 Å². The summed E-state index contributed by atoms with van der Waals surface area (Å²) in [6, 6.07) is 0. The molecule has 0 rings (SSSR count). The average Bonchev–Trinajstić information content (AvgIpc) is 2.17. The Kier molecular flexibility index (Phi) is 5.76. The fourth-order valence-corrected chi connectivity index (χ4v) is 1.73. The third-order valence-electron chi connectivity index (χ3n) is 2.22. The first kappa shape index (κ1) is 13.4. The zero-order valence-electron chi connectivity index (χ0n) is 9.24. The van der Waals surface area contributed by atoms with E-state index in [1.807, 2.05) is 20.8 Å². The molecule has 0 fully saturated rings. The molecule has 0 saturated heterocycles. The number of carbonyl (C=O) groups excluding carboxylic acids is 1. The molecule has 0 N–H and O–H groups in total. The molecule has 0 saturated carbocycles. The molecule has 0 atom stereocenters. The SMILES string of the molecule is CCC(C)(C)C(=O)SCCN(C)N=O. The number of rotatable bonds is 6. The lowest BCUT2D eigenvalue weighted by Crippen LogP contribution is -2.22. The van der Waals surface area contributed by atoms with Gasteiger partial charge in [-0.2, -0.15) is 0 Å². The number of hydrogen-bond acceptors (Lipinski definition) is 4. The van der Waals surface area contributed by atoms with Crippen molar-refractivity contribution >= 4 is 16.9 Å². The van der Waals surface area contributed by atoms with E-state index in [4.69, 9.17) is 0 Å². The number of nitroso groups, excluding NO2 is 1. The lowest BCUT2D eigenvalue weighted by atomic mass is 9.92. The van der Waals surface area contributed by atoms with E-state index in [0.717, 1.165) is 6.42 Å². The van der Waals surface area contributed by atoms with Crippen molar-refractivity contribution in [1.29, 1.82) is 0 Å². The Balaban J connectivity index is 3.80. The zero-order chi connectivity index (χ0) is 11.2. The molecule has 0 aromatic heterocycles. The average molecular weight is 218 g/mol. The van der Waals surface area contributed by atoms with Gasteiger partial charge in [0.25, 0.3) is 0 Å². The second-order valence-corrected chi connectivity index (χ2v) is 4.90. The molecule has 0 aromatic carbocycles. The highest BCUT2D eigenvalue weighted by Gasteiger charge is 2.25. The summed E-state index contributed by atoms with van der Waals surface area (Å²) in [5.41, 5.74) is -0.266. The highest BCUT2D eigenvalue weighted by molar-refractivity contribution is 8.13. The van der Waals surface area contributed by atoms with E-state index >= 15 is 0 Å². The second kappa shape index (κ2) is 6.01. The predicted octanol–water partition coefficient (Wildman–Crippen LogP) is 2.30. The first-order valence-corrected chi connectivity index (χ1v) is 5.64. The fourth-order valence-electron chi connectivity index (χ4n) is 0.651. The van der Waals surface area contributed by atoms with Crippen LogP contribution in [0.15, 0.2) is 5.29 Å². The van der Waals surface area contributed by atoms with Crippen LogP contribution >= 0.6 is 11.8 Å². The summed E-state index contributed by atoms with van der Waals surface area (Å²) in [5.74, 6) is 0.616. The van der Waals surface area contributed by atoms with Gasteiger partial charge in [0.1, 0.15) is 0 Å². The molecule has 0 unspecified atom stereocenters. The topological polar surface area (TPSA) is 49.7 Å². The molecule has 0 aliphatic carbocycles. The first-order chi connectivity index (χ1) is 6.44. The van der Waals surface area contributed by atoms with Crippen LogP contribution in [0.1, 0.15) is 27.2 Å². The molecule has 0 heterocycles. The van der Waals surface area contributed by atoms with Gasteiger partial charge < -0.3 is 0 Å². The van der Waals surface area contributed by atoms with Crippen molar-refractivity contribution < 1.29 is 4.79 Å². The maximum atomic E-state index is 11.6. The van der Waals surface area contributed by atoms with Crippen molar-refractivity contribution in [2.24, 2.45) is 10.7 Å². The van der Waals surface area contributed by atoms with Crippen molar-refractivity contribution in [3.05, 3.63) is 4.91 Å². The molecule has 0 aromatic rings. The van der Waals surface area contributed by atoms with Crippen LogP contribution in [0.2, 0.25) is 0 Å². The molecule has 0 aliphatic heterocycles. The van der Waals surface area contributed by atoms with Gasteiger partial charge in [0.15, 0.2) is 5.12 Å². The van der Waals surface area contributed by atoms with Crippen LogP contribution in [0.4, 0.5) is 0 Å². The molecule has 0 aliphatic rings. The largest absolute Gasteiger partial charge is 0.287 e. The first-order valence-electron chi connectivity index (χ1n) is 4.65. The number of hydrogen-bond donors (Lipinski definition) is 0. The summed E-state index contributed by atoms with van der Waals surface area (Å²) in [6.07, 6.45) is 0.834. The number of carbonyl (C=O) groups is 1. The summed E-state index contributed by atoms with van der Waals surface area (Å²) in [4.78, 5) is 21.6. The maximum absolute atomic E-state index is 11.6. The fraction of sp³-hybridized carbons (Fsp3) is 0.889. The monoisotopic (exact) mass is 218 g/mol. The molecule has 82 valence electrons. The van der Waals surface area contributed by atoms with E-state index in [9.17, 15) is 9.70 Å². The van der Waals surface area contributed by atoms with Crippen molar-refractivity contribution in [1.82, 2.24) is 5.01 Å². The van der Waals surface area contributed by atoms with E-state index in [2.05, 4.69) is 5.29 Å². The van der Waals surface area contributed by atoms with E-state index in [0.29, 0.717) is 12.3 Å². The molecule has 5 heteroatoms. The third-order valence-corrected chi connectivity index (χ3v) is 3.43. The minimum atomic E-state index is -0.266. The van der Waals surface area contributed by atoms with Gasteiger partial charge in [-0.1, -0.05) is 32.5 Å². The van der Waals surface area contributed by atoms with Gasteiger partial charge in [0.2, 0.25) is 0 Å². The van der Waals surface area contributed by atoms with E-state index < -0.39 is 0 Å². The molecule has 14 heavy (non-hydrogen) atoms. The Hall–Kier alpha value is -0.580. The third kappa shape index (κ3) is 4.60. The smallest absolute Gasteiger partial charge is 0.194 e. The number of thioether (sulfide) groups is 1. The van der Waals surface area contributed by atoms with E-state index in [1.165, 1.54) is 16.8 Å². The summed E-state index contributed by atoms with van der Waals surface area (Å²) >= 11 is 1.27. The second-order valence-electron chi connectivity index (χ2n) is 3.84. The van der Waals surface area contributed by atoms with Crippen LogP contribution in [0.5, 0.6) is 0 Å². The van der Waals surface area contributed by atoms with Crippen LogP contribution in [-0.2, 0) is 4.79 Å². The Labute approximate surface area is 89.4 Å². The van der Waals surface area contributed by atoms with Crippen LogP contribution in [0.3, 0.4) is 0 Å². The van der Waals surface area contributed by atoms with Gasteiger partial charge in [-0.3, -0.25) is 9.80 Å². The van der Waals surface area contributed by atoms with Gasteiger partial charge in [-0.05, 0) is 6.42 Å². The molecular formula is C9H18N2O2S. The van der Waals surface area contributed by atoms with Crippen LogP contribution in [0.25, 0.3) is 0 Å². The minimum absolute atomic E-state index is 0.180. The van der Waals surface area contributed by atoms with Gasteiger partial charge in [0, 0.05) is 24.8 Å². The maximum Gasteiger partial charge on any atom is 0.194 e. The highest BCUT2D eigenvalue weighted by Crippen LogP contribution is 2.27. The van der Waals surface area contributed by atoms with Crippen LogP contribution < -0.4 is 0 Å². The normalized spacial score (nSPS) is 11.1. The van der Waals surface area contributed by atoms with Crippen molar-refractivity contribution in [2.75, 3.05) is 19.3 Å². The molecule has 4 nitrogen and oxygen atoms in total. The quantitative estimate of drug-likeness (QED) is 0.507. The highest BCUT2D eigenvalue weighted by atomic mass is 32.2. The Morgan fingerprint density at radius 2 is 2.07 bits per heavy atom. The van der Waals surface area contributed by atoms with Crippen LogP contribution in [-0.4, -0.2) is 29.5 Å². The minimum Gasteiger partial charge on any atom is -0.287 e. The summed E-state index contributed by atoms with van der Waals surface area (Å²) in [5, 5.41) is 4.20. The molecule has 0 bridgehead atoms. The summed E-state index contributed by atoms with van der Waals surface area (Å²) < 4.78 is 0. The predicted molar refractivity (Wildman–Crippen MR) is 60.0 cm³/mol. The standard InChI is InChI=1S/C9H18N2O2S/c1-5-9(2,3)8(12)14-7-6-11(4)10-13/h5-7H2,1-4H3. The van der Waals surface area contributed by atoms with Gasteiger partial charge in [0.05, 0.1) is 5.29 Å². The van der Waals surface area contributed by atoms with Gasteiger partial charge in [-0.25, -0.2) is 0 Å². The molecular weight excluding hydrogens is 200 g/mol. The lowest BCUT2D eigenvalue weighted by Gasteiger charge is -2.20. The Morgan fingerprint density at radius 1 is 1.50 bits per heavy atom. The lowest BCUT2D eigenvalue weighted by molar-refractivity contribution is -0.118.